The molecular weight excluding hydrogens is 813 g/mol. The van der Waals surface area contributed by atoms with Crippen molar-refractivity contribution in [3.05, 3.63) is 166 Å². The summed E-state index contributed by atoms with van der Waals surface area (Å²) in [4.78, 5) is 71.8. The number of allylic oxidation sites excluding steroid dienone is 1. The summed E-state index contributed by atoms with van der Waals surface area (Å²) in [5, 5.41) is 8.50. The number of nitrogens with zero attached hydrogens (tertiary/aromatic N) is 4. The average Bonchev–Trinajstić information content (AvgIpc) is 3.72. The van der Waals surface area contributed by atoms with Gasteiger partial charge in [-0.15, -0.1) is 23.1 Å². The highest BCUT2D eigenvalue weighted by atomic mass is 32.2. The van der Waals surface area contributed by atoms with Gasteiger partial charge in [0.25, 0.3) is 11.8 Å². The minimum absolute atomic E-state index is 0.0207. The van der Waals surface area contributed by atoms with Gasteiger partial charge in [0.2, 0.25) is 11.9 Å². The Hall–Kier alpha value is -6.58. The molecule has 0 spiro atoms. The number of carbonyl (C=O) groups excluding carboxylic acids is 4. The molecule has 0 saturated carbocycles. The molecule has 0 aliphatic carbocycles. The van der Waals surface area contributed by atoms with E-state index in [0.29, 0.717) is 18.4 Å². The van der Waals surface area contributed by atoms with Crippen LogP contribution in [0.1, 0.15) is 61.6 Å². The third-order valence-electron chi connectivity index (χ3n) is 10.3. The first kappa shape index (κ1) is 42.5. The number of rotatable bonds is 16. The van der Waals surface area contributed by atoms with Crippen molar-refractivity contribution >= 4 is 63.8 Å². The van der Waals surface area contributed by atoms with E-state index in [0.717, 1.165) is 33.6 Å². The largest absolute Gasteiger partial charge is 0.425 e. The summed E-state index contributed by atoms with van der Waals surface area (Å²) in [5.74, 6) is -2.70. The maximum atomic E-state index is 14.4. The van der Waals surface area contributed by atoms with Crippen LogP contribution in [0.2, 0.25) is 0 Å². The number of fused-ring (bicyclic) bond motifs is 1. The second-order valence-corrected chi connectivity index (χ2v) is 16.2. The molecule has 15 heteroatoms. The normalized spacial score (nSPS) is 17.1. The third-order valence-corrected chi connectivity index (χ3v) is 12.3. The number of hydrogen-bond donors (Lipinski definition) is 2. The van der Waals surface area contributed by atoms with Gasteiger partial charge in [-0.05, 0) is 30.0 Å². The van der Waals surface area contributed by atoms with E-state index in [1.54, 1.807) is 36.0 Å². The lowest BCUT2D eigenvalue weighted by Crippen LogP contribution is -2.71. The predicted octanol–water partition coefficient (Wildman–Crippen LogP) is 7.07. The van der Waals surface area contributed by atoms with Gasteiger partial charge >= 0.3 is 11.9 Å². The van der Waals surface area contributed by atoms with Gasteiger partial charge in [0, 0.05) is 47.1 Å². The maximum absolute atomic E-state index is 14.4. The molecule has 1 unspecified atom stereocenters. The molecule has 1 saturated heterocycles. The van der Waals surface area contributed by atoms with Crippen molar-refractivity contribution in [3.63, 3.8) is 0 Å². The predicted molar refractivity (Wildman–Crippen MR) is 234 cm³/mol. The second kappa shape index (κ2) is 19.2. The molecule has 0 bridgehead atoms. The Bertz CT molecular complexity index is 2340. The molecule has 7 rings (SSSR count). The van der Waals surface area contributed by atoms with Gasteiger partial charge in [0.05, 0.1) is 5.92 Å². The highest BCUT2D eigenvalue weighted by Gasteiger charge is 2.55. The van der Waals surface area contributed by atoms with Crippen molar-refractivity contribution in [2.24, 2.45) is 11.1 Å². The van der Waals surface area contributed by atoms with E-state index in [4.69, 9.17) is 20.0 Å². The van der Waals surface area contributed by atoms with E-state index in [2.05, 4.69) is 20.4 Å². The minimum Gasteiger partial charge on any atom is -0.425 e. The smallest absolute Gasteiger partial charge is 0.358 e. The highest BCUT2D eigenvalue weighted by Crippen LogP contribution is 2.43. The van der Waals surface area contributed by atoms with E-state index < -0.39 is 47.1 Å². The number of thiazole rings is 1. The number of benzene rings is 3. The summed E-state index contributed by atoms with van der Waals surface area (Å²) >= 11 is 2.48. The molecule has 312 valence electrons. The summed E-state index contributed by atoms with van der Waals surface area (Å²) in [6.07, 6.45) is 6.73. The molecule has 4 heterocycles. The van der Waals surface area contributed by atoms with Gasteiger partial charge < -0.3 is 25.4 Å². The number of oxime groups is 1. The van der Waals surface area contributed by atoms with Crippen LogP contribution in [0.5, 0.6) is 0 Å². The zero-order valence-corrected chi connectivity index (χ0v) is 35.3. The molecule has 2 amide bonds. The van der Waals surface area contributed by atoms with Crippen LogP contribution in [-0.2, 0) is 39.1 Å². The Morgan fingerprint density at radius 1 is 0.918 bits per heavy atom. The molecule has 2 aliphatic rings. The van der Waals surface area contributed by atoms with Crippen LogP contribution in [0, 0.1) is 5.92 Å². The summed E-state index contributed by atoms with van der Waals surface area (Å²) in [7, 11) is 0. The van der Waals surface area contributed by atoms with Crippen LogP contribution in [-0.4, -0.2) is 67.8 Å². The molecule has 3 N–H and O–H groups in total. The van der Waals surface area contributed by atoms with E-state index in [1.165, 1.54) is 23.6 Å². The van der Waals surface area contributed by atoms with Crippen LogP contribution >= 0.6 is 23.1 Å². The van der Waals surface area contributed by atoms with Crippen LogP contribution in [0.4, 0.5) is 5.13 Å². The Kier molecular flexibility index (Phi) is 13.4. The van der Waals surface area contributed by atoms with Gasteiger partial charge in [0.15, 0.2) is 10.8 Å². The molecule has 13 nitrogen and oxygen atoms in total. The zero-order valence-electron chi connectivity index (χ0n) is 33.7. The molecule has 1 fully saturated rings. The number of esters is 2. The summed E-state index contributed by atoms with van der Waals surface area (Å²) < 4.78 is 11.1. The SMILES string of the molecule is CCC(CC)C(=O)OC(C)OC(=O)C1=C(/C=C\c2cccnc2)CS[C@H]2[C@H](NC(=O)C(=NOC(c3ccccc3)(c3ccccc3)c3ccccc3)c3csc(N)n3)C(=O)N12. The number of carbonyl (C=O) groups is 4. The molecule has 0 radical (unpaired) electrons. The molecule has 3 atom stereocenters. The van der Waals surface area contributed by atoms with Crippen molar-refractivity contribution < 1.29 is 33.5 Å². The molecule has 61 heavy (non-hydrogen) atoms. The standard InChI is InChI=1S/C46H44N6O7S2/c1-4-31(5-2)43(55)57-29(3)58-44(56)39-32(24-23-30-16-15-25-48-26-30)27-60-42-38(41(54)52(39)42)50-40(53)37(36-28-61-45(47)49-36)51-59-46(33-17-9-6-10-18-33,34-19-11-7-12-20-34)35-21-13-8-14-22-35/h6-26,28-29,31,38,42H,4-5,27H2,1-3H3,(H2,47,49)(H,50,53)/b24-23-,51-37?/t29?,38-,42+/m1/s1. The van der Waals surface area contributed by atoms with Gasteiger partial charge in [0.1, 0.15) is 22.8 Å². The number of nitrogens with two attached hydrogens (primary N) is 1. The summed E-state index contributed by atoms with van der Waals surface area (Å²) in [6.45, 7) is 5.21. The quantitative estimate of drug-likeness (QED) is 0.0259. The van der Waals surface area contributed by atoms with E-state index in [9.17, 15) is 19.2 Å². The van der Waals surface area contributed by atoms with Crippen molar-refractivity contribution in [1.82, 2.24) is 20.2 Å². The minimum atomic E-state index is -1.32. The molecule has 2 aliphatic heterocycles. The second-order valence-electron chi connectivity index (χ2n) is 14.2. The Morgan fingerprint density at radius 2 is 1.54 bits per heavy atom. The van der Waals surface area contributed by atoms with Crippen LogP contribution in [0.3, 0.4) is 0 Å². The van der Waals surface area contributed by atoms with Gasteiger partial charge in [-0.25, -0.2) is 9.78 Å². The number of β-lactam (4-membered cyclic amide) rings is 1. The molecule has 3 aromatic carbocycles. The van der Waals surface area contributed by atoms with Crippen LogP contribution in [0.25, 0.3) is 6.08 Å². The first-order valence-corrected chi connectivity index (χ1v) is 21.7. The Labute approximate surface area is 361 Å². The number of pyridine rings is 1. The Morgan fingerprint density at radius 3 is 2.08 bits per heavy atom. The maximum Gasteiger partial charge on any atom is 0.358 e. The number of nitrogens with one attached hydrogen (secondary N) is 1. The first-order chi connectivity index (χ1) is 29.6. The van der Waals surface area contributed by atoms with Crippen molar-refractivity contribution in [3.8, 4) is 0 Å². The lowest BCUT2D eigenvalue weighted by atomic mass is 9.80. The van der Waals surface area contributed by atoms with Gasteiger partial charge in [-0.2, -0.15) is 0 Å². The third kappa shape index (κ3) is 9.12. The monoisotopic (exact) mass is 856 g/mol. The Balaban J connectivity index is 1.20. The lowest BCUT2D eigenvalue weighted by Gasteiger charge is -2.49. The van der Waals surface area contributed by atoms with E-state index >= 15 is 0 Å². The van der Waals surface area contributed by atoms with Crippen molar-refractivity contribution in [2.75, 3.05) is 11.5 Å². The van der Waals surface area contributed by atoms with E-state index in [-0.39, 0.29) is 33.9 Å². The van der Waals surface area contributed by atoms with Crippen molar-refractivity contribution in [1.29, 1.82) is 0 Å². The summed E-state index contributed by atoms with van der Waals surface area (Å²) in [6, 6.07) is 31.2. The number of amides is 2. The number of nitrogen functional groups attached to an aromatic ring is 1. The van der Waals surface area contributed by atoms with Gasteiger partial charge in [-0.3, -0.25) is 24.3 Å². The number of ether oxygens (including phenoxy) is 2. The average molecular weight is 857 g/mol. The fourth-order valence-electron chi connectivity index (χ4n) is 7.15. The van der Waals surface area contributed by atoms with Crippen LogP contribution < -0.4 is 11.1 Å². The zero-order chi connectivity index (χ0) is 42.9. The molecule has 2 aromatic heterocycles. The fraction of sp³-hybridized carbons (Fsp3) is 0.239. The van der Waals surface area contributed by atoms with Gasteiger partial charge in [-0.1, -0.05) is 128 Å². The number of anilines is 1. The highest BCUT2D eigenvalue weighted by molar-refractivity contribution is 8.00. The number of thioether (sulfide) groups is 1. The molecule has 5 aromatic rings. The lowest BCUT2D eigenvalue weighted by molar-refractivity contribution is -0.187. The first-order valence-electron chi connectivity index (χ1n) is 19.8. The van der Waals surface area contributed by atoms with Crippen LogP contribution in [0.15, 0.2) is 143 Å². The summed E-state index contributed by atoms with van der Waals surface area (Å²) in [5.41, 5.74) is 8.16. The molecular formula is C46H44N6O7S2. The van der Waals surface area contributed by atoms with E-state index in [1.807, 2.05) is 111 Å². The fourth-order valence-corrected chi connectivity index (χ4v) is 9.01. The number of hydrogen-bond acceptors (Lipinski definition) is 13. The topological polar surface area (TPSA) is 175 Å². The number of aromatic nitrogens is 2. The van der Waals surface area contributed by atoms with Crippen molar-refractivity contribution in [2.45, 2.75) is 56.9 Å².